The lowest BCUT2D eigenvalue weighted by atomic mass is 10.1. The molecule has 168 valence electrons. The maximum absolute atomic E-state index is 8.97. The number of terminal acetylenes is 1. The molecule has 0 saturated carbocycles. The second-order valence-corrected chi connectivity index (χ2v) is 6.68. The molecule has 0 saturated heterocycles. The first-order chi connectivity index (χ1) is 14.8. The minimum Gasteiger partial charge on any atom is -0.498 e. The summed E-state index contributed by atoms with van der Waals surface area (Å²) in [6.45, 7) is 17.2. The van der Waals surface area contributed by atoms with Crippen molar-refractivity contribution in [1.82, 2.24) is 4.90 Å². The summed E-state index contributed by atoms with van der Waals surface area (Å²) in [5.74, 6) is 1.67. The third kappa shape index (κ3) is 11.4. The van der Waals surface area contributed by atoms with Gasteiger partial charge in [-0.15, -0.1) is 26.0 Å². The van der Waals surface area contributed by atoms with E-state index >= 15 is 0 Å². The van der Waals surface area contributed by atoms with Crippen LogP contribution in [0.4, 0.5) is 0 Å². The molecule has 0 amide bonds. The van der Waals surface area contributed by atoms with Crippen LogP contribution >= 0.6 is 0 Å². The molecule has 0 fully saturated rings. The largest absolute Gasteiger partial charge is 0.498 e. The van der Waals surface area contributed by atoms with Gasteiger partial charge in [-0.25, -0.2) is 0 Å². The summed E-state index contributed by atoms with van der Waals surface area (Å²) in [6.07, 6.45) is 17.9. The van der Waals surface area contributed by atoms with Gasteiger partial charge < -0.3 is 14.4 Å². The number of aliphatic imine (C=N–C) groups is 1. The van der Waals surface area contributed by atoms with Crippen LogP contribution in [0.5, 0.6) is 0 Å². The minimum atomic E-state index is 0.259. The van der Waals surface area contributed by atoms with Gasteiger partial charge in [-0.2, -0.15) is 5.26 Å². The number of methoxy groups -OCH3 is 2. The number of allylic oxidation sites excluding steroid dienone is 7. The Hall–Kier alpha value is -3.44. The Morgan fingerprint density at radius 3 is 2.35 bits per heavy atom. The van der Waals surface area contributed by atoms with Crippen LogP contribution in [0.3, 0.4) is 0 Å². The highest BCUT2D eigenvalue weighted by Crippen LogP contribution is 2.19. The molecule has 0 spiro atoms. The summed E-state index contributed by atoms with van der Waals surface area (Å²) in [5, 5.41) is 8.97. The van der Waals surface area contributed by atoms with E-state index in [0.717, 1.165) is 17.0 Å². The molecule has 1 heterocycles. The zero-order valence-electron chi connectivity index (χ0n) is 20.1. The summed E-state index contributed by atoms with van der Waals surface area (Å²) in [6, 6.07) is 2.15. The predicted octanol–water partition coefficient (Wildman–Crippen LogP) is 5.79. The highest BCUT2D eigenvalue weighted by molar-refractivity contribution is 5.64. The van der Waals surface area contributed by atoms with Gasteiger partial charge in [-0.1, -0.05) is 6.92 Å². The number of hydrogen-bond acceptors (Lipinski definition) is 5. The monoisotopic (exact) mass is 423 g/mol. The first-order valence-corrected chi connectivity index (χ1v) is 9.84. The lowest BCUT2D eigenvalue weighted by Crippen LogP contribution is -2.20. The Labute approximate surface area is 189 Å². The molecule has 5 heteroatoms. The third-order valence-electron chi connectivity index (χ3n) is 4.49. The van der Waals surface area contributed by atoms with Crippen LogP contribution in [-0.4, -0.2) is 38.4 Å². The molecule has 31 heavy (non-hydrogen) atoms. The quantitative estimate of drug-likeness (QED) is 0.185. The number of ether oxygens (including phenoxy) is 2. The Kier molecular flexibility index (Phi) is 16.7. The van der Waals surface area contributed by atoms with E-state index in [0.29, 0.717) is 24.4 Å². The molecule has 1 aliphatic heterocycles. The fourth-order valence-electron chi connectivity index (χ4n) is 2.41. The fraction of sp³-hybridized carbons (Fsp3) is 0.385. The van der Waals surface area contributed by atoms with Crippen LogP contribution in [0.15, 0.2) is 76.5 Å². The Morgan fingerprint density at radius 2 is 1.84 bits per heavy atom. The van der Waals surface area contributed by atoms with E-state index < -0.39 is 0 Å². The van der Waals surface area contributed by atoms with Crippen LogP contribution in [-0.2, 0) is 9.47 Å². The molecular formula is C26H37N3O2. The minimum absolute atomic E-state index is 0.259. The van der Waals surface area contributed by atoms with Crippen LogP contribution in [0.1, 0.15) is 34.6 Å². The predicted molar refractivity (Wildman–Crippen MR) is 132 cm³/mol. The van der Waals surface area contributed by atoms with E-state index in [9.17, 15) is 0 Å². The Balaban J connectivity index is 0. The molecule has 0 aromatic heterocycles. The van der Waals surface area contributed by atoms with Crippen molar-refractivity contribution in [2.45, 2.75) is 34.6 Å². The van der Waals surface area contributed by atoms with E-state index in [2.05, 4.69) is 62.0 Å². The molecule has 1 atom stereocenters. The van der Waals surface area contributed by atoms with Crippen molar-refractivity contribution in [2.24, 2.45) is 10.9 Å². The summed E-state index contributed by atoms with van der Waals surface area (Å²) in [7, 11) is 3.27. The van der Waals surface area contributed by atoms with Gasteiger partial charge in [0.1, 0.15) is 5.76 Å². The molecular weight excluding hydrogens is 386 g/mol. The normalized spacial score (nSPS) is 20.6. The number of nitriles is 1. The smallest absolute Gasteiger partial charge is 0.156 e. The van der Waals surface area contributed by atoms with Crippen molar-refractivity contribution in [3.63, 3.8) is 0 Å². The summed E-state index contributed by atoms with van der Waals surface area (Å²) in [5.41, 5.74) is 4.05. The van der Waals surface area contributed by atoms with E-state index in [1.54, 1.807) is 21.1 Å². The van der Waals surface area contributed by atoms with Gasteiger partial charge in [0, 0.05) is 36.1 Å². The van der Waals surface area contributed by atoms with Crippen molar-refractivity contribution in [2.75, 3.05) is 27.3 Å². The lowest BCUT2D eigenvalue weighted by Gasteiger charge is -2.24. The van der Waals surface area contributed by atoms with E-state index in [1.807, 2.05) is 38.3 Å². The highest BCUT2D eigenvalue weighted by atomic mass is 16.5. The molecule has 0 aliphatic carbocycles. The van der Waals surface area contributed by atoms with Crippen LogP contribution in [0.25, 0.3) is 0 Å². The van der Waals surface area contributed by atoms with Crippen LogP contribution in [0, 0.1) is 30.1 Å². The van der Waals surface area contributed by atoms with E-state index in [4.69, 9.17) is 14.7 Å². The maximum Gasteiger partial charge on any atom is 0.156 e. The van der Waals surface area contributed by atoms with Gasteiger partial charge in [0.15, 0.2) is 5.76 Å². The van der Waals surface area contributed by atoms with Gasteiger partial charge in [-0.3, -0.25) is 4.99 Å². The SMILES string of the molecule is C#C.C=C.CO/C(C)=C(/C=C1\CN=CC(C)/C(C)=C\N(/C(C)=C/C=C(\C)C#N)C1)OC. The summed E-state index contributed by atoms with van der Waals surface area (Å²) >= 11 is 0. The van der Waals surface area contributed by atoms with Gasteiger partial charge in [0.2, 0.25) is 0 Å². The molecule has 0 aromatic carbocycles. The molecule has 1 unspecified atom stereocenters. The highest BCUT2D eigenvalue weighted by Gasteiger charge is 2.13. The van der Waals surface area contributed by atoms with Crippen molar-refractivity contribution in [3.05, 3.63) is 71.5 Å². The van der Waals surface area contributed by atoms with Crippen molar-refractivity contribution in [3.8, 4) is 18.9 Å². The maximum atomic E-state index is 8.97. The summed E-state index contributed by atoms with van der Waals surface area (Å²) < 4.78 is 10.8. The van der Waals surface area contributed by atoms with Crippen LogP contribution < -0.4 is 0 Å². The van der Waals surface area contributed by atoms with Gasteiger partial charge in [0.25, 0.3) is 0 Å². The average molecular weight is 424 g/mol. The Bertz CT molecular complexity index is 802. The molecule has 0 N–H and O–H groups in total. The third-order valence-corrected chi connectivity index (χ3v) is 4.49. The van der Waals surface area contributed by atoms with Gasteiger partial charge in [0.05, 0.1) is 26.8 Å². The van der Waals surface area contributed by atoms with E-state index in [1.165, 1.54) is 5.57 Å². The fourth-order valence-corrected chi connectivity index (χ4v) is 2.41. The zero-order chi connectivity index (χ0) is 24.4. The number of rotatable bonds is 5. The molecule has 5 nitrogen and oxygen atoms in total. The number of hydrogen-bond donors (Lipinski definition) is 0. The molecule has 0 bridgehead atoms. The van der Waals surface area contributed by atoms with Gasteiger partial charge >= 0.3 is 0 Å². The standard InChI is InChI=1S/C22H31N3O2.C2H4.C2H2/c1-16(11-23)8-9-19(4)25-14-18(3)17(2)12-24-13-21(15-25)10-22(27-7)20(5)26-6;2*1-2/h8-10,12,14,17H,13,15H2,1-7H3;1-2H2;1-2H/b16-8+,18-14-,19-9+,21-10+,22-20-,24-12?;;. The van der Waals surface area contributed by atoms with Crippen molar-refractivity contribution in [1.29, 1.82) is 5.26 Å². The number of nitrogens with zero attached hydrogens (tertiary/aromatic N) is 3. The zero-order valence-corrected chi connectivity index (χ0v) is 20.1. The second-order valence-electron chi connectivity index (χ2n) is 6.68. The Morgan fingerprint density at radius 1 is 1.23 bits per heavy atom. The van der Waals surface area contributed by atoms with Crippen LogP contribution in [0.2, 0.25) is 0 Å². The average Bonchev–Trinajstić information content (AvgIpc) is 2.87. The van der Waals surface area contributed by atoms with E-state index in [-0.39, 0.29) is 5.92 Å². The molecule has 1 rings (SSSR count). The topological polar surface area (TPSA) is 57.8 Å². The molecule has 0 radical (unpaired) electrons. The second kappa shape index (κ2) is 17.4. The lowest BCUT2D eigenvalue weighted by molar-refractivity contribution is 0.232. The summed E-state index contributed by atoms with van der Waals surface area (Å²) in [4.78, 5) is 6.79. The van der Waals surface area contributed by atoms with Crippen molar-refractivity contribution < 1.29 is 9.47 Å². The molecule has 1 aliphatic rings. The first kappa shape index (κ1) is 29.8. The van der Waals surface area contributed by atoms with Gasteiger partial charge in [-0.05, 0) is 57.1 Å². The first-order valence-electron chi connectivity index (χ1n) is 9.84. The van der Waals surface area contributed by atoms with Crippen molar-refractivity contribution >= 4 is 6.21 Å². The molecule has 0 aromatic rings.